The van der Waals surface area contributed by atoms with Gasteiger partial charge in [-0.25, -0.2) is 17.6 Å². The first kappa shape index (κ1) is 12.8. The van der Waals surface area contributed by atoms with Crippen molar-refractivity contribution in [2.24, 2.45) is 0 Å². The molecule has 3 rings (SSSR count). The molecule has 0 bridgehead atoms. The van der Waals surface area contributed by atoms with Crippen LogP contribution in [0.4, 0.5) is 17.6 Å². The average molecular weight is 280 g/mol. The van der Waals surface area contributed by atoms with Crippen molar-refractivity contribution in [3.8, 4) is 0 Å². The summed E-state index contributed by atoms with van der Waals surface area (Å²) in [6.45, 7) is 3.26. The third-order valence-electron chi connectivity index (χ3n) is 3.66. The van der Waals surface area contributed by atoms with E-state index in [4.69, 9.17) is 0 Å². The van der Waals surface area contributed by atoms with Crippen LogP contribution in [0.3, 0.4) is 0 Å². The van der Waals surface area contributed by atoms with Crippen LogP contribution in [0.2, 0.25) is 0 Å². The Balaban J connectivity index is 2.77. The maximum atomic E-state index is 14.1. The van der Waals surface area contributed by atoms with E-state index in [0.29, 0.717) is 16.8 Å². The van der Waals surface area contributed by atoms with E-state index in [1.807, 2.05) is 0 Å². The maximum Gasteiger partial charge on any atom is 0.221 e. The summed E-state index contributed by atoms with van der Waals surface area (Å²) in [4.78, 5) is 0. The fraction of sp³-hybridized carbons (Fsp3) is 0.133. The second-order valence-corrected chi connectivity index (χ2v) is 4.67. The van der Waals surface area contributed by atoms with Crippen LogP contribution >= 0.6 is 0 Å². The largest absolute Gasteiger partial charge is 0.221 e. The molecule has 0 aliphatic rings. The van der Waals surface area contributed by atoms with Crippen LogP contribution in [0.25, 0.3) is 16.3 Å². The summed E-state index contributed by atoms with van der Waals surface area (Å²) in [5.74, 6) is -6.29. The number of aryl methyl sites for hydroxylation is 2. The highest BCUT2D eigenvalue weighted by Gasteiger charge is 2.27. The molecule has 0 saturated heterocycles. The predicted octanol–water partition coefficient (Wildman–Crippen LogP) is 3.75. The Morgan fingerprint density at radius 1 is 0.800 bits per heavy atom. The van der Waals surface area contributed by atoms with E-state index in [2.05, 4.69) is 0 Å². The summed E-state index contributed by atoms with van der Waals surface area (Å²) in [6, 6.07) is 4.89. The third kappa shape index (κ3) is 1.46. The molecule has 0 radical (unpaired) electrons. The van der Waals surface area contributed by atoms with E-state index < -0.39 is 23.3 Å². The van der Waals surface area contributed by atoms with Crippen LogP contribution in [-0.2, 0) is 0 Å². The molecule has 1 aromatic carbocycles. The van der Waals surface area contributed by atoms with Crippen LogP contribution in [0.15, 0.2) is 24.4 Å². The molecule has 0 spiro atoms. The summed E-state index contributed by atoms with van der Waals surface area (Å²) >= 11 is 0. The lowest BCUT2D eigenvalue weighted by molar-refractivity contribution is -0.519. The normalized spacial score (nSPS) is 11.5. The van der Waals surface area contributed by atoms with Gasteiger partial charge in [-0.2, -0.15) is 4.40 Å². The number of fused-ring (bicyclic) bond motifs is 3. The molecule has 20 heavy (non-hydrogen) atoms. The van der Waals surface area contributed by atoms with Gasteiger partial charge in [-0.05, 0) is 13.0 Å². The van der Waals surface area contributed by atoms with E-state index in [1.54, 1.807) is 36.6 Å². The van der Waals surface area contributed by atoms with E-state index in [0.717, 1.165) is 0 Å². The topological polar surface area (TPSA) is 4.10 Å². The zero-order chi connectivity index (χ0) is 14.6. The highest BCUT2D eigenvalue weighted by Crippen LogP contribution is 2.31. The predicted molar refractivity (Wildman–Crippen MR) is 66.4 cm³/mol. The van der Waals surface area contributed by atoms with Gasteiger partial charge in [0, 0.05) is 30.0 Å². The van der Waals surface area contributed by atoms with Gasteiger partial charge in [0.1, 0.15) is 0 Å². The molecule has 2 aromatic heterocycles. The molecular formula is C15H10F4N+. The molecule has 0 amide bonds. The molecule has 1 nitrogen and oxygen atoms in total. The first-order chi connectivity index (χ1) is 9.45. The molecule has 2 heterocycles. The zero-order valence-electron chi connectivity index (χ0n) is 10.8. The number of rotatable bonds is 0. The number of hydrogen-bond donors (Lipinski definition) is 0. The lowest BCUT2D eigenvalue weighted by Gasteiger charge is -2.09. The molecule has 5 heteroatoms. The number of hydrogen-bond acceptors (Lipinski definition) is 0. The maximum absolute atomic E-state index is 14.1. The molecule has 0 unspecified atom stereocenters. The van der Waals surface area contributed by atoms with Crippen LogP contribution in [0, 0.1) is 37.1 Å². The van der Waals surface area contributed by atoms with Crippen molar-refractivity contribution >= 4 is 16.3 Å². The number of halogens is 4. The Labute approximate surface area is 112 Å². The van der Waals surface area contributed by atoms with Gasteiger partial charge in [-0.3, -0.25) is 0 Å². The van der Waals surface area contributed by atoms with Gasteiger partial charge in [0.15, 0.2) is 35.2 Å². The minimum Gasteiger partial charge on any atom is -0.203 e. The van der Waals surface area contributed by atoms with Gasteiger partial charge in [0.2, 0.25) is 5.52 Å². The first-order valence-electron chi connectivity index (χ1n) is 6.00. The molecule has 3 aromatic rings. The van der Waals surface area contributed by atoms with Gasteiger partial charge < -0.3 is 0 Å². The number of aromatic nitrogens is 1. The highest BCUT2D eigenvalue weighted by molar-refractivity contribution is 5.97. The molecule has 0 aliphatic carbocycles. The van der Waals surface area contributed by atoms with Gasteiger partial charge >= 0.3 is 0 Å². The fourth-order valence-corrected chi connectivity index (χ4v) is 2.53. The number of benzene rings is 1. The van der Waals surface area contributed by atoms with E-state index in [1.165, 1.54) is 6.07 Å². The zero-order valence-corrected chi connectivity index (χ0v) is 10.8. The van der Waals surface area contributed by atoms with E-state index in [9.17, 15) is 17.6 Å². The van der Waals surface area contributed by atoms with E-state index in [-0.39, 0.29) is 10.8 Å². The van der Waals surface area contributed by atoms with E-state index >= 15 is 0 Å². The lowest BCUT2D eigenvalue weighted by Crippen LogP contribution is -2.27. The SMILES string of the molecule is Cc1c(C)[n+]2ccccc2c2c(F)c(F)c(F)c(F)c12. The number of pyridine rings is 2. The van der Waals surface area contributed by atoms with Crippen molar-refractivity contribution in [2.75, 3.05) is 0 Å². The van der Waals surface area contributed by atoms with Crippen LogP contribution < -0.4 is 4.40 Å². The Bertz CT molecular complexity index is 871. The summed E-state index contributed by atoms with van der Waals surface area (Å²) < 4.78 is 56.6. The molecule has 0 fully saturated rings. The Hall–Kier alpha value is -2.17. The molecule has 0 N–H and O–H groups in total. The van der Waals surface area contributed by atoms with Crippen molar-refractivity contribution in [2.45, 2.75) is 13.8 Å². The van der Waals surface area contributed by atoms with Crippen molar-refractivity contribution in [1.82, 2.24) is 0 Å². The fourth-order valence-electron chi connectivity index (χ4n) is 2.53. The van der Waals surface area contributed by atoms with Crippen molar-refractivity contribution < 1.29 is 22.0 Å². The summed E-state index contributed by atoms with van der Waals surface area (Å²) in [7, 11) is 0. The molecule has 0 aliphatic heterocycles. The smallest absolute Gasteiger partial charge is 0.203 e. The quantitative estimate of drug-likeness (QED) is 0.194. The molecule has 102 valence electrons. The minimum atomic E-state index is -1.79. The second-order valence-electron chi connectivity index (χ2n) is 4.67. The van der Waals surface area contributed by atoms with Crippen molar-refractivity contribution in [3.63, 3.8) is 0 Å². The first-order valence-corrected chi connectivity index (χ1v) is 6.00. The average Bonchev–Trinajstić information content (AvgIpc) is 2.46. The number of nitrogens with zero attached hydrogens (tertiary/aromatic N) is 1. The molecule has 0 saturated carbocycles. The third-order valence-corrected chi connectivity index (χ3v) is 3.66. The Kier molecular flexibility index (Phi) is 2.67. The van der Waals surface area contributed by atoms with Crippen LogP contribution in [-0.4, -0.2) is 0 Å². The van der Waals surface area contributed by atoms with Gasteiger partial charge in [-0.15, -0.1) is 0 Å². The van der Waals surface area contributed by atoms with Gasteiger partial charge in [-0.1, -0.05) is 0 Å². The summed E-state index contributed by atoms with van der Waals surface area (Å²) in [6.07, 6.45) is 1.66. The van der Waals surface area contributed by atoms with Crippen LogP contribution in [0.5, 0.6) is 0 Å². The Morgan fingerprint density at radius 3 is 2.05 bits per heavy atom. The second kappa shape index (κ2) is 4.16. The highest BCUT2D eigenvalue weighted by atomic mass is 19.2. The van der Waals surface area contributed by atoms with Crippen molar-refractivity contribution in [1.29, 1.82) is 0 Å². The molecule has 0 atom stereocenters. The Morgan fingerprint density at radius 2 is 1.40 bits per heavy atom. The summed E-state index contributed by atoms with van der Waals surface area (Å²) in [5, 5.41) is -0.463. The van der Waals surface area contributed by atoms with Crippen LogP contribution in [0.1, 0.15) is 11.3 Å². The summed E-state index contributed by atoms with van der Waals surface area (Å²) in [5.41, 5.74) is 1.30. The standard InChI is InChI=1S/C15H10F4N/c1-7-8(2)20-6-4-3-5-9(20)11-10(7)12(16)14(18)15(19)13(11)17/h3-6H,1-2H3/q+1. The van der Waals surface area contributed by atoms with Gasteiger partial charge in [0.05, 0.1) is 5.39 Å². The van der Waals surface area contributed by atoms with Crippen molar-refractivity contribution in [3.05, 3.63) is 58.9 Å². The minimum absolute atomic E-state index is 0.217. The lowest BCUT2D eigenvalue weighted by atomic mass is 10.0. The molecular weight excluding hydrogens is 270 g/mol. The van der Waals surface area contributed by atoms with Gasteiger partial charge in [0.25, 0.3) is 0 Å². The monoisotopic (exact) mass is 280 g/mol.